The number of rotatable bonds is 3. The van der Waals surface area contributed by atoms with Crippen LogP contribution in [0.25, 0.3) is 10.6 Å². The lowest BCUT2D eigenvalue weighted by Gasteiger charge is -2.05. The van der Waals surface area contributed by atoms with Gasteiger partial charge in [-0.05, 0) is 25.0 Å². The minimum atomic E-state index is 0.705. The Bertz CT molecular complexity index is 446. The Morgan fingerprint density at radius 3 is 3.00 bits per heavy atom. The molecule has 0 aliphatic heterocycles. The van der Waals surface area contributed by atoms with E-state index in [2.05, 4.69) is 34.6 Å². The highest BCUT2D eigenvalue weighted by molar-refractivity contribution is 7.13. The van der Waals surface area contributed by atoms with E-state index in [1.165, 1.54) is 24.1 Å². The normalized spacial score (nSPS) is 15.2. The van der Waals surface area contributed by atoms with Crippen molar-refractivity contribution in [1.82, 2.24) is 4.98 Å². The van der Waals surface area contributed by atoms with Crippen molar-refractivity contribution in [2.75, 3.05) is 5.32 Å². The highest BCUT2D eigenvalue weighted by Crippen LogP contribution is 2.28. The topological polar surface area (TPSA) is 24.9 Å². The van der Waals surface area contributed by atoms with Crippen molar-refractivity contribution in [2.24, 2.45) is 0 Å². The molecule has 0 unspecified atom stereocenters. The molecule has 0 saturated heterocycles. The molecule has 1 heterocycles. The number of hydrogen-bond donors (Lipinski definition) is 1. The third-order valence-electron chi connectivity index (χ3n) is 2.49. The number of anilines is 1. The summed E-state index contributed by atoms with van der Waals surface area (Å²) in [5.41, 5.74) is 2.42. The molecule has 0 radical (unpaired) electrons. The van der Waals surface area contributed by atoms with E-state index < -0.39 is 0 Å². The van der Waals surface area contributed by atoms with Crippen LogP contribution in [0.3, 0.4) is 0 Å². The first kappa shape index (κ1) is 8.92. The van der Waals surface area contributed by atoms with Crippen molar-refractivity contribution < 1.29 is 0 Å². The van der Waals surface area contributed by atoms with Crippen LogP contribution in [0.1, 0.15) is 12.8 Å². The van der Waals surface area contributed by atoms with Crippen LogP contribution in [0.5, 0.6) is 0 Å². The van der Waals surface area contributed by atoms with Crippen molar-refractivity contribution >= 4 is 17.0 Å². The average molecular weight is 216 g/mol. The van der Waals surface area contributed by atoms with E-state index in [9.17, 15) is 0 Å². The van der Waals surface area contributed by atoms with Crippen molar-refractivity contribution in [3.05, 3.63) is 35.8 Å². The summed E-state index contributed by atoms with van der Waals surface area (Å²) in [5.74, 6) is 0. The second-order valence-corrected chi connectivity index (χ2v) is 4.73. The minimum Gasteiger partial charge on any atom is -0.382 e. The fourth-order valence-electron chi connectivity index (χ4n) is 1.57. The molecule has 1 aromatic carbocycles. The minimum absolute atomic E-state index is 0.705. The van der Waals surface area contributed by atoms with Crippen LogP contribution in [0, 0.1) is 0 Å². The molecule has 1 aliphatic carbocycles. The summed E-state index contributed by atoms with van der Waals surface area (Å²) in [6, 6.07) is 9.20. The van der Waals surface area contributed by atoms with Gasteiger partial charge in [0, 0.05) is 28.9 Å². The van der Waals surface area contributed by atoms with Gasteiger partial charge >= 0.3 is 0 Å². The zero-order valence-corrected chi connectivity index (χ0v) is 9.13. The van der Waals surface area contributed by atoms with E-state index in [-0.39, 0.29) is 0 Å². The first-order valence-electron chi connectivity index (χ1n) is 5.18. The van der Waals surface area contributed by atoms with Gasteiger partial charge in [0.15, 0.2) is 0 Å². The van der Waals surface area contributed by atoms with E-state index in [4.69, 9.17) is 0 Å². The average Bonchev–Trinajstić information content (AvgIpc) is 2.91. The fourth-order valence-corrected chi connectivity index (χ4v) is 2.21. The van der Waals surface area contributed by atoms with Crippen LogP contribution in [0.15, 0.2) is 35.8 Å². The maximum atomic E-state index is 4.31. The summed E-state index contributed by atoms with van der Waals surface area (Å²) >= 11 is 1.68. The Hall–Kier alpha value is -1.35. The second-order valence-electron chi connectivity index (χ2n) is 3.84. The van der Waals surface area contributed by atoms with Gasteiger partial charge in [0.25, 0.3) is 0 Å². The van der Waals surface area contributed by atoms with Crippen LogP contribution in [0.4, 0.5) is 5.69 Å². The largest absolute Gasteiger partial charge is 0.382 e. The van der Waals surface area contributed by atoms with E-state index in [0.29, 0.717) is 6.04 Å². The quantitative estimate of drug-likeness (QED) is 0.850. The Kier molecular flexibility index (Phi) is 2.18. The van der Waals surface area contributed by atoms with Gasteiger partial charge in [0.1, 0.15) is 5.01 Å². The van der Waals surface area contributed by atoms with E-state index in [1.807, 2.05) is 11.6 Å². The van der Waals surface area contributed by atoms with Gasteiger partial charge in [-0.2, -0.15) is 0 Å². The molecule has 3 heteroatoms. The van der Waals surface area contributed by atoms with Gasteiger partial charge in [-0.15, -0.1) is 11.3 Å². The molecule has 0 amide bonds. The summed E-state index contributed by atoms with van der Waals surface area (Å²) in [4.78, 5) is 4.31. The molecule has 0 atom stereocenters. The Balaban J connectivity index is 1.88. The van der Waals surface area contributed by atoms with Gasteiger partial charge in [0.05, 0.1) is 0 Å². The first-order valence-corrected chi connectivity index (χ1v) is 6.06. The van der Waals surface area contributed by atoms with Gasteiger partial charge in [0.2, 0.25) is 0 Å². The summed E-state index contributed by atoms with van der Waals surface area (Å²) < 4.78 is 0. The predicted octanol–water partition coefficient (Wildman–Crippen LogP) is 3.38. The van der Waals surface area contributed by atoms with Gasteiger partial charge in [-0.25, -0.2) is 4.98 Å². The smallest absolute Gasteiger partial charge is 0.123 e. The maximum Gasteiger partial charge on any atom is 0.123 e. The lowest BCUT2D eigenvalue weighted by Crippen LogP contribution is -2.00. The third-order valence-corrected chi connectivity index (χ3v) is 3.31. The number of hydrogen-bond acceptors (Lipinski definition) is 3. The SMILES string of the molecule is c1cc(NC2CC2)cc(-c2nccs2)c1. The molecular formula is C12H12N2S. The molecule has 2 nitrogen and oxygen atoms in total. The Morgan fingerprint density at radius 2 is 2.27 bits per heavy atom. The molecule has 1 aliphatic rings. The van der Waals surface area contributed by atoms with Crippen LogP contribution in [0.2, 0.25) is 0 Å². The van der Waals surface area contributed by atoms with E-state index in [0.717, 1.165) is 5.01 Å². The summed E-state index contributed by atoms with van der Waals surface area (Å²) in [5, 5.41) is 6.60. The van der Waals surface area contributed by atoms with Gasteiger partial charge in [-0.1, -0.05) is 12.1 Å². The molecule has 1 fully saturated rings. The molecule has 3 rings (SSSR count). The Morgan fingerprint density at radius 1 is 1.33 bits per heavy atom. The molecule has 0 spiro atoms. The number of nitrogens with one attached hydrogen (secondary N) is 1. The molecule has 76 valence electrons. The lowest BCUT2D eigenvalue weighted by molar-refractivity contribution is 1.16. The maximum absolute atomic E-state index is 4.31. The number of thiazole rings is 1. The molecule has 1 N–H and O–H groups in total. The number of nitrogens with zero attached hydrogens (tertiary/aromatic N) is 1. The molecule has 0 bridgehead atoms. The summed E-state index contributed by atoms with van der Waals surface area (Å²) in [6.07, 6.45) is 4.46. The van der Waals surface area contributed by atoms with Crippen LogP contribution < -0.4 is 5.32 Å². The summed E-state index contributed by atoms with van der Waals surface area (Å²) in [6.45, 7) is 0. The zero-order valence-electron chi connectivity index (χ0n) is 8.31. The molecule has 1 saturated carbocycles. The summed E-state index contributed by atoms with van der Waals surface area (Å²) in [7, 11) is 0. The van der Waals surface area contributed by atoms with E-state index >= 15 is 0 Å². The third kappa shape index (κ3) is 2.02. The standard InChI is InChI=1S/C12H12N2S/c1-2-9(12-13-6-7-15-12)8-11(3-1)14-10-4-5-10/h1-3,6-8,10,14H,4-5H2. The molecular weight excluding hydrogens is 204 g/mol. The van der Waals surface area contributed by atoms with Crippen molar-refractivity contribution in [1.29, 1.82) is 0 Å². The van der Waals surface area contributed by atoms with Crippen molar-refractivity contribution in [2.45, 2.75) is 18.9 Å². The van der Waals surface area contributed by atoms with Gasteiger partial charge < -0.3 is 5.32 Å². The highest BCUT2D eigenvalue weighted by Gasteiger charge is 2.20. The fraction of sp³-hybridized carbons (Fsp3) is 0.250. The van der Waals surface area contributed by atoms with Crippen LogP contribution in [-0.4, -0.2) is 11.0 Å². The first-order chi connectivity index (χ1) is 7.42. The number of aromatic nitrogens is 1. The zero-order chi connectivity index (χ0) is 10.1. The molecule has 2 aromatic rings. The van der Waals surface area contributed by atoms with Crippen molar-refractivity contribution in [3.63, 3.8) is 0 Å². The molecule has 1 aromatic heterocycles. The van der Waals surface area contributed by atoms with Gasteiger partial charge in [-0.3, -0.25) is 0 Å². The van der Waals surface area contributed by atoms with Crippen LogP contribution >= 0.6 is 11.3 Å². The molecule has 15 heavy (non-hydrogen) atoms. The second kappa shape index (κ2) is 3.66. The van der Waals surface area contributed by atoms with E-state index in [1.54, 1.807) is 11.3 Å². The highest BCUT2D eigenvalue weighted by atomic mass is 32.1. The lowest BCUT2D eigenvalue weighted by atomic mass is 10.2. The monoisotopic (exact) mass is 216 g/mol. The van der Waals surface area contributed by atoms with Crippen molar-refractivity contribution in [3.8, 4) is 10.6 Å². The predicted molar refractivity (Wildman–Crippen MR) is 64.2 cm³/mol. The van der Waals surface area contributed by atoms with Crippen LogP contribution in [-0.2, 0) is 0 Å². The number of benzene rings is 1. The Labute approximate surface area is 93.0 Å².